The minimum atomic E-state index is 0.442. The summed E-state index contributed by atoms with van der Waals surface area (Å²) < 4.78 is 5.04. The normalized spacial score (nSPS) is 10.0. The maximum Gasteiger partial charge on any atom is 0.128 e. The summed E-state index contributed by atoms with van der Waals surface area (Å²) in [5.41, 5.74) is 1.07. The lowest BCUT2D eigenvalue weighted by atomic mass is 10.2. The molecule has 0 saturated carbocycles. The lowest BCUT2D eigenvalue weighted by molar-refractivity contribution is 0.414. The van der Waals surface area contributed by atoms with Crippen molar-refractivity contribution in [3.05, 3.63) is 24.3 Å². The van der Waals surface area contributed by atoms with Crippen molar-refractivity contribution in [2.75, 3.05) is 12.4 Å². The Balaban J connectivity index is 2.72. The molecule has 1 N–H and O–H groups in total. The van der Waals surface area contributed by atoms with Gasteiger partial charge in [-0.3, -0.25) is 0 Å². The van der Waals surface area contributed by atoms with Gasteiger partial charge in [0.2, 0.25) is 0 Å². The van der Waals surface area contributed by atoms with E-state index in [0.717, 1.165) is 11.4 Å². The number of methoxy groups -OCH3 is 1. The van der Waals surface area contributed by atoms with Crippen molar-refractivity contribution in [3.8, 4) is 5.75 Å². The van der Waals surface area contributed by atoms with Gasteiger partial charge >= 0.3 is 0 Å². The van der Waals surface area contributed by atoms with E-state index in [2.05, 4.69) is 25.2 Å². The highest BCUT2D eigenvalue weighted by atomic mass is 16.5. The van der Waals surface area contributed by atoms with Gasteiger partial charge in [-0.25, -0.2) is 0 Å². The molecule has 0 unspecified atom stereocenters. The Bertz CT molecular complexity index is 245. The lowest BCUT2D eigenvalue weighted by Crippen LogP contribution is -2.09. The van der Waals surface area contributed by atoms with E-state index in [1.165, 1.54) is 0 Å². The summed E-state index contributed by atoms with van der Waals surface area (Å²) in [6, 6.07) is 9.17. The molecule has 0 saturated heterocycles. The van der Waals surface area contributed by atoms with Crippen molar-refractivity contribution in [1.29, 1.82) is 0 Å². The Labute approximate surface area is 73.6 Å². The van der Waals surface area contributed by atoms with Gasteiger partial charge in [0, 0.05) is 23.9 Å². The number of rotatable bonds is 3. The maximum absolute atomic E-state index is 5.04. The van der Waals surface area contributed by atoms with E-state index in [-0.39, 0.29) is 0 Å². The van der Waals surface area contributed by atoms with E-state index >= 15 is 0 Å². The molecule has 1 radical (unpaired) electrons. The second-order valence-electron chi connectivity index (χ2n) is 2.94. The lowest BCUT2D eigenvalue weighted by Gasteiger charge is -2.10. The second kappa shape index (κ2) is 4.00. The third kappa shape index (κ3) is 2.46. The molecule has 0 heterocycles. The van der Waals surface area contributed by atoms with Crippen molar-refractivity contribution in [2.45, 2.75) is 19.9 Å². The van der Waals surface area contributed by atoms with E-state index in [4.69, 9.17) is 4.74 Å². The molecule has 0 aromatic heterocycles. The predicted octanol–water partition coefficient (Wildman–Crippen LogP) is 2.32. The van der Waals surface area contributed by atoms with Crippen molar-refractivity contribution in [2.24, 2.45) is 0 Å². The molecule has 0 fully saturated rings. The van der Waals surface area contributed by atoms with Gasteiger partial charge in [0.15, 0.2) is 0 Å². The van der Waals surface area contributed by atoms with Crippen molar-refractivity contribution in [1.82, 2.24) is 0 Å². The minimum Gasteiger partial charge on any atom is -0.496 e. The molecule has 0 aliphatic rings. The number of hydrogen-bond donors (Lipinski definition) is 1. The highest BCUT2D eigenvalue weighted by molar-refractivity contribution is 5.48. The molecule has 65 valence electrons. The van der Waals surface area contributed by atoms with Crippen molar-refractivity contribution >= 4 is 5.69 Å². The van der Waals surface area contributed by atoms with Gasteiger partial charge in [-0.05, 0) is 26.0 Å². The Kier molecular flexibility index (Phi) is 2.97. The summed E-state index contributed by atoms with van der Waals surface area (Å²) in [6.45, 7) is 4.20. The topological polar surface area (TPSA) is 21.3 Å². The minimum absolute atomic E-state index is 0.442. The summed E-state index contributed by atoms with van der Waals surface area (Å²) in [5.74, 6) is 0.764. The van der Waals surface area contributed by atoms with E-state index in [1.807, 2.05) is 18.2 Å². The average molecular weight is 164 g/mol. The van der Waals surface area contributed by atoms with Crippen LogP contribution in [0.3, 0.4) is 0 Å². The van der Waals surface area contributed by atoms with Crippen molar-refractivity contribution < 1.29 is 4.74 Å². The first kappa shape index (κ1) is 8.91. The molecule has 0 atom stereocenters. The standard InChI is InChI=1S/C10H14NO/c1-8(2)11-9-5-4-6-10(7-9)12-3/h4-5,7-8,11H,1-3H3. The van der Waals surface area contributed by atoms with E-state index < -0.39 is 0 Å². The Morgan fingerprint density at radius 3 is 2.83 bits per heavy atom. The molecular weight excluding hydrogens is 150 g/mol. The molecule has 0 aliphatic carbocycles. The molecule has 0 spiro atoms. The molecular formula is C10H14NO. The fourth-order valence-corrected chi connectivity index (χ4v) is 0.986. The van der Waals surface area contributed by atoms with Crippen LogP contribution in [-0.2, 0) is 0 Å². The first-order chi connectivity index (χ1) is 5.72. The zero-order valence-electron chi connectivity index (χ0n) is 7.72. The molecule has 2 nitrogen and oxygen atoms in total. The van der Waals surface area contributed by atoms with Gasteiger partial charge in [0.25, 0.3) is 0 Å². The van der Waals surface area contributed by atoms with Gasteiger partial charge in [0.1, 0.15) is 5.75 Å². The number of anilines is 1. The molecule has 12 heavy (non-hydrogen) atoms. The van der Waals surface area contributed by atoms with Crippen LogP contribution in [0.2, 0.25) is 0 Å². The smallest absolute Gasteiger partial charge is 0.128 e. The van der Waals surface area contributed by atoms with Crippen LogP contribution in [0.4, 0.5) is 5.69 Å². The van der Waals surface area contributed by atoms with Gasteiger partial charge in [-0.2, -0.15) is 0 Å². The van der Waals surface area contributed by atoms with Crippen LogP contribution in [-0.4, -0.2) is 13.2 Å². The van der Waals surface area contributed by atoms with Crippen LogP contribution in [0.25, 0.3) is 0 Å². The first-order valence-corrected chi connectivity index (χ1v) is 4.04. The van der Waals surface area contributed by atoms with Gasteiger partial charge in [-0.15, -0.1) is 0 Å². The van der Waals surface area contributed by atoms with Gasteiger partial charge in [-0.1, -0.05) is 0 Å². The molecule has 0 bridgehead atoms. The number of nitrogens with one attached hydrogen (secondary N) is 1. The van der Waals surface area contributed by atoms with E-state index in [0.29, 0.717) is 6.04 Å². The molecule has 1 aromatic carbocycles. The largest absolute Gasteiger partial charge is 0.496 e. The molecule has 1 aromatic rings. The third-order valence-corrected chi connectivity index (χ3v) is 1.45. The first-order valence-electron chi connectivity index (χ1n) is 4.04. The Morgan fingerprint density at radius 2 is 2.25 bits per heavy atom. The van der Waals surface area contributed by atoms with Crippen LogP contribution in [0, 0.1) is 6.07 Å². The second-order valence-corrected chi connectivity index (χ2v) is 2.94. The van der Waals surface area contributed by atoms with Crippen LogP contribution in [0.5, 0.6) is 5.75 Å². The van der Waals surface area contributed by atoms with Gasteiger partial charge < -0.3 is 10.1 Å². The fourth-order valence-electron chi connectivity index (χ4n) is 0.986. The summed E-state index contributed by atoms with van der Waals surface area (Å²) in [4.78, 5) is 0. The van der Waals surface area contributed by atoms with Crippen LogP contribution in [0.15, 0.2) is 18.2 Å². The summed E-state index contributed by atoms with van der Waals surface area (Å²) in [5, 5.41) is 3.28. The zero-order valence-corrected chi connectivity index (χ0v) is 7.72. The third-order valence-electron chi connectivity index (χ3n) is 1.45. The Morgan fingerprint density at radius 1 is 1.50 bits per heavy atom. The molecule has 1 rings (SSSR count). The average Bonchev–Trinajstić information content (AvgIpc) is 2.03. The quantitative estimate of drug-likeness (QED) is 0.740. The Hall–Kier alpha value is -1.18. The molecule has 0 amide bonds. The van der Waals surface area contributed by atoms with E-state index in [1.54, 1.807) is 7.11 Å². The summed E-state index contributed by atoms with van der Waals surface area (Å²) in [6.07, 6.45) is 0. The highest BCUT2D eigenvalue weighted by Gasteiger charge is 1.96. The SMILES string of the molecule is COc1[c]ccc(NC(C)C)c1. The van der Waals surface area contributed by atoms with Crippen LogP contribution in [0.1, 0.15) is 13.8 Å². The zero-order chi connectivity index (χ0) is 8.97. The van der Waals surface area contributed by atoms with Gasteiger partial charge in [0.05, 0.1) is 7.11 Å². The molecule has 0 aliphatic heterocycles. The van der Waals surface area contributed by atoms with Crippen molar-refractivity contribution in [3.63, 3.8) is 0 Å². The summed E-state index contributed by atoms with van der Waals surface area (Å²) >= 11 is 0. The number of ether oxygens (including phenoxy) is 1. The van der Waals surface area contributed by atoms with Crippen LogP contribution < -0.4 is 10.1 Å². The maximum atomic E-state index is 5.04. The highest BCUT2D eigenvalue weighted by Crippen LogP contribution is 2.16. The number of benzene rings is 1. The predicted molar refractivity (Wildman–Crippen MR) is 50.6 cm³/mol. The monoisotopic (exact) mass is 164 g/mol. The van der Waals surface area contributed by atoms with Crippen LogP contribution >= 0.6 is 0 Å². The summed E-state index contributed by atoms with van der Waals surface area (Å²) in [7, 11) is 1.64. The molecule has 2 heteroatoms. The fraction of sp³-hybridized carbons (Fsp3) is 0.400. The van der Waals surface area contributed by atoms with E-state index in [9.17, 15) is 0 Å². The number of hydrogen-bond acceptors (Lipinski definition) is 2.